The fraction of sp³-hybridized carbons (Fsp3) is 0.333. The topological polar surface area (TPSA) is 65.2 Å². The first-order chi connectivity index (χ1) is 7.16. The Balaban J connectivity index is 2.10. The summed E-state index contributed by atoms with van der Waals surface area (Å²) >= 11 is 5.69. The van der Waals surface area contributed by atoms with Crippen LogP contribution in [0.1, 0.15) is 10.5 Å². The van der Waals surface area contributed by atoms with Gasteiger partial charge in [0.2, 0.25) is 5.91 Å². The molecule has 2 rings (SSSR count). The summed E-state index contributed by atoms with van der Waals surface area (Å²) in [6.45, 7) is 1.13. The SMILES string of the molecule is O=C1CN(C(=O)c2cc(Cl)c[nH]2)CCN1. The third kappa shape index (κ3) is 2.12. The van der Waals surface area contributed by atoms with Crippen molar-refractivity contribution in [3.63, 3.8) is 0 Å². The Morgan fingerprint density at radius 1 is 1.53 bits per heavy atom. The van der Waals surface area contributed by atoms with Gasteiger partial charge < -0.3 is 15.2 Å². The second kappa shape index (κ2) is 3.94. The molecule has 0 aliphatic carbocycles. The molecule has 0 bridgehead atoms. The summed E-state index contributed by atoms with van der Waals surface area (Å²) in [5, 5.41) is 3.14. The molecular formula is C9H10ClN3O2. The van der Waals surface area contributed by atoms with Gasteiger partial charge in [-0.2, -0.15) is 0 Å². The van der Waals surface area contributed by atoms with Crippen LogP contribution in [0.3, 0.4) is 0 Å². The third-order valence-corrected chi connectivity index (χ3v) is 2.42. The minimum Gasteiger partial charge on any atom is -0.356 e. The number of H-pyrrole nitrogens is 1. The van der Waals surface area contributed by atoms with E-state index in [1.165, 1.54) is 4.90 Å². The first kappa shape index (κ1) is 10.0. The van der Waals surface area contributed by atoms with Crippen LogP contribution in [0.5, 0.6) is 0 Å². The van der Waals surface area contributed by atoms with E-state index in [0.29, 0.717) is 23.8 Å². The molecule has 0 radical (unpaired) electrons. The van der Waals surface area contributed by atoms with E-state index < -0.39 is 0 Å². The quantitative estimate of drug-likeness (QED) is 0.722. The molecule has 0 spiro atoms. The molecule has 1 saturated heterocycles. The van der Waals surface area contributed by atoms with Crippen molar-refractivity contribution in [1.29, 1.82) is 0 Å². The number of halogens is 1. The van der Waals surface area contributed by atoms with Crippen molar-refractivity contribution >= 4 is 23.4 Å². The molecule has 15 heavy (non-hydrogen) atoms. The number of nitrogens with one attached hydrogen (secondary N) is 2. The minimum absolute atomic E-state index is 0.107. The Kier molecular flexibility index (Phi) is 2.64. The number of carbonyl (C=O) groups excluding carboxylic acids is 2. The van der Waals surface area contributed by atoms with Gasteiger partial charge in [0.05, 0.1) is 11.6 Å². The molecule has 2 N–H and O–H groups in total. The van der Waals surface area contributed by atoms with E-state index in [2.05, 4.69) is 10.3 Å². The van der Waals surface area contributed by atoms with Crippen LogP contribution in [0.25, 0.3) is 0 Å². The molecule has 6 heteroatoms. The largest absolute Gasteiger partial charge is 0.356 e. The van der Waals surface area contributed by atoms with Crippen LogP contribution in [0, 0.1) is 0 Å². The first-order valence-electron chi connectivity index (χ1n) is 4.57. The highest BCUT2D eigenvalue weighted by atomic mass is 35.5. The van der Waals surface area contributed by atoms with Crippen molar-refractivity contribution in [3.05, 3.63) is 23.0 Å². The van der Waals surface area contributed by atoms with E-state index in [1.807, 2.05) is 0 Å². The van der Waals surface area contributed by atoms with E-state index in [-0.39, 0.29) is 18.4 Å². The molecule has 0 atom stereocenters. The predicted molar refractivity (Wildman–Crippen MR) is 54.7 cm³/mol. The van der Waals surface area contributed by atoms with E-state index in [4.69, 9.17) is 11.6 Å². The lowest BCUT2D eigenvalue weighted by Gasteiger charge is -2.26. The van der Waals surface area contributed by atoms with Gasteiger partial charge in [-0.25, -0.2) is 0 Å². The maximum absolute atomic E-state index is 11.8. The molecule has 1 aromatic heterocycles. The summed E-state index contributed by atoms with van der Waals surface area (Å²) in [5.74, 6) is -0.330. The zero-order chi connectivity index (χ0) is 10.8. The number of rotatable bonds is 1. The fourth-order valence-corrected chi connectivity index (χ4v) is 1.64. The van der Waals surface area contributed by atoms with Crippen LogP contribution in [0.2, 0.25) is 5.02 Å². The summed E-state index contributed by atoms with van der Waals surface area (Å²) < 4.78 is 0. The molecule has 1 aliphatic heterocycles. The number of amides is 2. The Morgan fingerprint density at radius 3 is 2.93 bits per heavy atom. The lowest BCUT2D eigenvalue weighted by Crippen LogP contribution is -2.50. The van der Waals surface area contributed by atoms with Gasteiger partial charge in [0.15, 0.2) is 0 Å². The van der Waals surface area contributed by atoms with Crippen molar-refractivity contribution in [3.8, 4) is 0 Å². The van der Waals surface area contributed by atoms with Gasteiger partial charge in [0, 0.05) is 19.3 Å². The Bertz CT molecular complexity index is 402. The lowest BCUT2D eigenvalue weighted by atomic mass is 10.3. The highest BCUT2D eigenvalue weighted by molar-refractivity contribution is 6.30. The van der Waals surface area contributed by atoms with E-state index in [1.54, 1.807) is 12.3 Å². The van der Waals surface area contributed by atoms with Crippen LogP contribution < -0.4 is 5.32 Å². The Labute approximate surface area is 91.4 Å². The van der Waals surface area contributed by atoms with E-state index in [0.717, 1.165) is 0 Å². The molecule has 80 valence electrons. The average molecular weight is 228 g/mol. The van der Waals surface area contributed by atoms with Crippen molar-refractivity contribution in [1.82, 2.24) is 15.2 Å². The molecule has 2 amide bonds. The Morgan fingerprint density at radius 2 is 2.33 bits per heavy atom. The van der Waals surface area contributed by atoms with Gasteiger partial charge in [0.25, 0.3) is 5.91 Å². The second-order valence-corrected chi connectivity index (χ2v) is 3.74. The zero-order valence-corrected chi connectivity index (χ0v) is 8.67. The maximum atomic E-state index is 11.8. The number of piperazine rings is 1. The zero-order valence-electron chi connectivity index (χ0n) is 7.92. The lowest BCUT2D eigenvalue weighted by molar-refractivity contribution is -0.123. The van der Waals surface area contributed by atoms with Crippen molar-refractivity contribution in [2.24, 2.45) is 0 Å². The van der Waals surface area contributed by atoms with Crippen molar-refractivity contribution in [2.45, 2.75) is 0 Å². The number of nitrogens with zero attached hydrogens (tertiary/aromatic N) is 1. The molecule has 2 heterocycles. The number of hydrogen-bond acceptors (Lipinski definition) is 2. The third-order valence-electron chi connectivity index (χ3n) is 2.20. The van der Waals surface area contributed by atoms with Gasteiger partial charge in [-0.05, 0) is 6.07 Å². The smallest absolute Gasteiger partial charge is 0.270 e. The van der Waals surface area contributed by atoms with Crippen LogP contribution in [0.15, 0.2) is 12.3 Å². The molecule has 5 nitrogen and oxygen atoms in total. The normalized spacial score (nSPS) is 16.3. The minimum atomic E-state index is -0.197. The van der Waals surface area contributed by atoms with Crippen LogP contribution >= 0.6 is 11.6 Å². The summed E-state index contributed by atoms with van der Waals surface area (Å²) in [7, 11) is 0. The highest BCUT2D eigenvalue weighted by Crippen LogP contribution is 2.11. The van der Waals surface area contributed by atoms with Crippen molar-refractivity contribution < 1.29 is 9.59 Å². The molecule has 1 aromatic rings. The summed E-state index contributed by atoms with van der Waals surface area (Å²) in [6.07, 6.45) is 1.54. The monoisotopic (exact) mass is 227 g/mol. The Hall–Kier alpha value is -1.49. The number of hydrogen-bond donors (Lipinski definition) is 2. The fourth-order valence-electron chi connectivity index (χ4n) is 1.47. The van der Waals surface area contributed by atoms with Gasteiger partial charge in [-0.3, -0.25) is 9.59 Å². The molecule has 0 unspecified atom stereocenters. The number of aromatic nitrogens is 1. The van der Waals surface area contributed by atoms with Crippen LogP contribution in [-0.4, -0.2) is 41.3 Å². The predicted octanol–water partition coefficient (Wildman–Crippen LogP) is 0.240. The van der Waals surface area contributed by atoms with Crippen LogP contribution in [-0.2, 0) is 4.79 Å². The standard InChI is InChI=1S/C9H10ClN3O2/c10-6-3-7(12-4-6)9(15)13-2-1-11-8(14)5-13/h3-4,12H,1-2,5H2,(H,11,14). The van der Waals surface area contributed by atoms with Gasteiger partial charge in [-0.1, -0.05) is 11.6 Å². The number of carbonyl (C=O) groups is 2. The average Bonchev–Trinajstić information content (AvgIpc) is 2.64. The summed E-state index contributed by atoms with van der Waals surface area (Å²) in [5.41, 5.74) is 0.412. The molecular weight excluding hydrogens is 218 g/mol. The number of aromatic amines is 1. The van der Waals surface area contributed by atoms with Crippen LogP contribution in [0.4, 0.5) is 0 Å². The van der Waals surface area contributed by atoms with E-state index >= 15 is 0 Å². The van der Waals surface area contributed by atoms with Gasteiger partial charge in [0.1, 0.15) is 5.69 Å². The second-order valence-electron chi connectivity index (χ2n) is 3.31. The highest BCUT2D eigenvalue weighted by Gasteiger charge is 2.22. The maximum Gasteiger partial charge on any atom is 0.270 e. The van der Waals surface area contributed by atoms with Gasteiger partial charge >= 0.3 is 0 Å². The molecule has 0 aromatic carbocycles. The van der Waals surface area contributed by atoms with Crippen molar-refractivity contribution in [2.75, 3.05) is 19.6 Å². The van der Waals surface area contributed by atoms with Gasteiger partial charge in [-0.15, -0.1) is 0 Å². The molecule has 1 fully saturated rings. The first-order valence-corrected chi connectivity index (χ1v) is 4.94. The molecule has 0 saturated carbocycles. The summed E-state index contributed by atoms with van der Waals surface area (Å²) in [4.78, 5) is 27.1. The van der Waals surface area contributed by atoms with E-state index in [9.17, 15) is 9.59 Å². The molecule has 1 aliphatic rings. The summed E-state index contributed by atoms with van der Waals surface area (Å²) in [6, 6.07) is 1.55.